The van der Waals surface area contributed by atoms with Crippen molar-refractivity contribution < 1.29 is 29.3 Å². The van der Waals surface area contributed by atoms with Gasteiger partial charge in [-0.25, -0.2) is 4.79 Å². The summed E-state index contributed by atoms with van der Waals surface area (Å²) >= 11 is 0. The van der Waals surface area contributed by atoms with Gasteiger partial charge in [0.1, 0.15) is 11.8 Å². The maximum absolute atomic E-state index is 12.0. The Balaban J connectivity index is 2.81. The van der Waals surface area contributed by atoms with E-state index in [1.807, 2.05) is 6.92 Å². The molecule has 0 aliphatic carbocycles. The number of rotatable bonds is 7. The molecule has 1 amide bonds. The molecule has 21 heavy (non-hydrogen) atoms. The summed E-state index contributed by atoms with van der Waals surface area (Å²) in [4.78, 5) is 33.5. The summed E-state index contributed by atoms with van der Waals surface area (Å²) in [5.74, 6) is -2.47. The first-order valence-corrected chi connectivity index (χ1v) is 6.25. The zero-order chi connectivity index (χ0) is 16.0. The smallest absolute Gasteiger partial charge is 0.326 e. The lowest BCUT2D eigenvalue weighted by molar-refractivity contribution is -0.140. The van der Waals surface area contributed by atoms with E-state index in [9.17, 15) is 14.4 Å². The average Bonchev–Trinajstić information content (AvgIpc) is 2.43. The fraction of sp³-hybridized carbons (Fsp3) is 0.357. The summed E-state index contributed by atoms with van der Waals surface area (Å²) < 4.78 is 5.09. The summed E-state index contributed by atoms with van der Waals surface area (Å²) in [7, 11) is 1.47. The molecule has 0 bridgehead atoms. The molecule has 1 aromatic rings. The molecule has 1 atom stereocenters. The van der Waals surface area contributed by atoms with Crippen molar-refractivity contribution in [1.82, 2.24) is 5.32 Å². The molecule has 3 N–H and O–H groups in total. The number of benzene rings is 1. The third kappa shape index (κ3) is 4.79. The minimum absolute atomic E-state index is 0.181. The highest BCUT2D eigenvalue weighted by molar-refractivity contribution is 5.97. The number of nitrogens with one attached hydrogen (secondary N) is 1. The first kappa shape index (κ1) is 16.5. The maximum atomic E-state index is 12.0. The van der Waals surface area contributed by atoms with Crippen molar-refractivity contribution in [3.05, 3.63) is 29.3 Å². The average molecular weight is 295 g/mol. The standard InChI is InChI=1S/C14H17NO6/c1-8-3-4-9(7-11(8)21-2)13(18)15-10(14(19)20)5-6-12(16)17/h3-4,7,10H,5-6H2,1-2H3,(H,15,18)(H,16,17)(H,19,20). The number of carbonyl (C=O) groups excluding carboxylic acids is 1. The predicted octanol–water partition coefficient (Wildman–Crippen LogP) is 1.05. The number of hydrogen-bond donors (Lipinski definition) is 3. The largest absolute Gasteiger partial charge is 0.496 e. The monoisotopic (exact) mass is 295 g/mol. The van der Waals surface area contributed by atoms with E-state index in [1.54, 1.807) is 12.1 Å². The second kappa shape index (κ2) is 7.28. The lowest BCUT2D eigenvalue weighted by Gasteiger charge is -2.14. The van der Waals surface area contributed by atoms with Crippen molar-refractivity contribution in [1.29, 1.82) is 0 Å². The van der Waals surface area contributed by atoms with Crippen LogP contribution in [0.1, 0.15) is 28.8 Å². The summed E-state index contributed by atoms with van der Waals surface area (Å²) in [6, 6.07) is 3.48. The van der Waals surface area contributed by atoms with Crippen molar-refractivity contribution in [2.75, 3.05) is 7.11 Å². The Morgan fingerprint density at radius 1 is 1.29 bits per heavy atom. The molecule has 0 aromatic heterocycles. The van der Waals surface area contributed by atoms with Crippen LogP contribution in [-0.4, -0.2) is 41.2 Å². The molecule has 0 aliphatic heterocycles. The molecule has 0 radical (unpaired) electrons. The van der Waals surface area contributed by atoms with Crippen LogP contribution in [0.4, 0.5) is 0 Å². The van der Waals surface area contributed by atoms with Gasteiger partial charge in [0.2, 0.25) is 0 Å². The molecule has 1 unspecified atom stereocenters. The minimum Gasteiger partial charge on any atom is -0.496 e. The molecule has 0 heterocycles. The van der Waals surface area contributed by atoms with E-state index in [4.69, 9.17) is 14.9 Å². The Morgan fingerprint density at radius 2 is 1.95 bits per heavy atom. The van der Waals surface area contributed by atoms with Gasteiger partial charge in [-0.2, -0.15) is 0 Å². The summed E-state index contributed by atoms with van der Waals surface area (Å²) in [5.41, 5.74) is 1.09. The predicted molar refractivity (Wildman–Crippen MR) is 73.5 cm³/mol. The van der Waals surface area contributed by atoms with Crippen LogP contribution < -0.4 is 10.1 Å². The van der Waals surface area contributed by atoms with Gasteiger partial charge in [0.15, 0.2) is 0 Å². The molecule has 1 rings (SSSR count). The first-order chi connectivity index (χ1) is 9.85. The van der Waals surface area contributed by atoms with Crippen LogP contribution in [-0.2, 0) is 9.59 Å². The summed E-state index contributed by atoms with van der Waals surface area (Å²) in [6.45, 7) is 1.81. The van der Waals surface area contributed by atoms with E-state index < -0.39 is 23.9 Å². The first-order valence-electron chi connectivity index (χ1n) is 6.25. The molecule has 0 saturated heterocycles. The molecule has 0 saturated carbocycles. The zero-order valence-corrected chi connectivity index (χ0v) is 11.8. The zero-order valence-electron chi connectivity index (χ0n) is 11.8. The van der Waals surface area contributed by atoms with Gasteiger partial charge in [0.25, 0.3) is 5.91 Å². The molecule has 1 aromatic carbocycles. The van der Waals surface area contributed by atoms with E-state index in [1.165, 1.54) is 13.2 Å². The van der Waals surface area contributed by atoms with Crippen LogP contribution in [0.5, 0.6) is 5.75 Å². The molecule has 7 heteroatoms. The van der Waals surface area contributed by atoms with Crippen LogP contribution in [0.25, 0.3) is 0 Å². The van der Waals surface area contributed by atoms with Crippen molar-refractivity contribution in [3.63, 3.8) is 0 Å². The van der Waals surface area contributed by atoms with Gasteiger partial charge in [-0.3, -0.25) is 9.59 Å². The van der Waals surface area contributed by atoms with Gasteiger partial charge < -0.3 is 20.3 Å². The number of carboxylic acid groups (broad SMARTS) is 2. The van der Waals surface area contributed by atoms with Crippen LogP contribution in [0.2, 0.25) is 0 Å². The van der Waals surface area contributed by atoms with Crippen molar-refractivity contribution in [2.24, 2.45) is 0 Å². The van der Waals surface area contributed by atoms with Gasteiger partial charge in [-0.05, 0) is 31.0 Å². The molecule has 0 aliphatic rings. The SMILES string of the molecule is COc1cc(C(=O)NC(CCC(=O)O)C(=O)O)ccc1C. The second-order valence-corrected chi connectivity index (χ2v) is 4.48. The van der Waals surface area contributed by atoms with Gasteiger partial charge in [0.05, 0.1) is 7.11 Å². The number of hydrogen-bond acceptors (Lipinski definition) is 4. The molecular formula is C14H17NO6. The minimum atomic E-state index is -1.27. The quantitative estimate of drug-likeness (QED) is 0.693. The van der Waals surface area contributed by atoms with Crippen molar-refractivity contribution in [3.8, 4) is 5.75 Å². The number of carbonyl (C=O) groups is 3. The topological polar surface area (TPSA) is 113 Å². The number of carboxylic acids is 2. The van der Waals surface area contributed by atoms with Crippen molar-refractivity contribution in [2.45, 2.75) is 25.8 Å². The fourth-order valence-electron chi connectivity index (χ4n) is 1.73. The Morgan fingerprint density at radius 3 is 2.48 bits per heavy atom. The number of methoxy groups -OCH3 is 1. The van der Waals surface area contributed by atoms with Gasteiger partial charge >= 0.3 is 11.9 Å². The molecule has 7 nitrogen and oxygen atoms in total. The highest BCUT2D eigenvalue weighted by atomic mass is 16.5. The number of ether oxygens (including phenoxy) is 1. The third-order valence-corrected chi connectivity index (χ3v) is 2.92. The maximum Gasteiger partial charge on any atom is 0.326 e. The Kier molecular flexibility index (Phi) is 5.71. The molecule has 114 valence electrons. The normalized spacial score (nSPS) is 11.5. The molecule has 0 spiro atoms. The Hall–Kier alpha value is -2.57. The number of aryl methyl sites for hydroxylation is 1. The number of amides is 1. The lowest BCUT2D eigenvalue weighted by atomic mass is 10.1. The van der Waals surface area contributed by atoms with E-state index >= 15 is 0 Å². The lowest BCUT2D eigenvalue weighted by Crippen LogP contribution is -2.41. The molecule has 0 fully saturated rings. The Bertz CT molecular complexity index is 554. The fourth-order valence-corrected chi connectivity index (χ4v) is 1.73. The third-order valence-electron chi connectivity index (χ3n) is 2.92. The summed E-state index contributed by atoms with van der Waals surface area (Å²) in [5, 5.41) is 19.9. The van der Waals surface area contributed by atoms with E-state index in [0.29, 0.717) is 5.75 Å². The van der Waals surface area contributed by atoms with Crippen LogP contribution >= 0.6 is 0 Å². The van der Waals surface area contributed by atoms with E-state index in [0.717, 1.165) is 5.56 Å². The highest BCUT2D eigenvalue weighted by Crippen LogP contribution is 2.19. The van der Waals surface area contributed by atoms with E-state index in [-0.39, 0.29) is 18.4 Å². The van der Waals surface area contributed by atoms with Crippen LogP contribution in [0.15, 0.2) is 18.2 Å². The highest BCUT2D eigenvalue weighted by Gasteiger charge is 2.21. The van der Waals surface area contributed by atoms with E-state index in [2.05, 4.69) is 5.32 Å². The van der Waals surface area contributed by atoms with Crippen molar-refractivity contribution >= 4 is 17.8 Å². The van der Waals surface area contributed by atoms with Crippen LogP contribution in [0.3, 0.4) is 0 Å². The van der Waals surface area contributed by atoms with Gasteiger partial charge in [0, 0.05) is 12.0 Å². The van der Waals surface area contributed by atoms with Crippen LogP contribution in [0, 0.1) is 6.92 Å². The second-order valence-electron chi connectivity index (χ2n) is 4.48. The van der Waals surface area contributed by atoms with Gasteiger partial charge in [-0.15, -0.1) is 0 Å². The Labute approximate surface area is 121 Å². The molecular weight excluding hydrogens is 278 g/mol. The van der Waals surface area contributed by atoms with Gasteiger partial charge in [-0.1, -0.05) is 6.07 Å². The summed E-state index contributed by atoms with van der Waals surface area (Å²) in [6.07, 6.45) is -0.520. The number of aliphatic carboxylic acids is 2.